The van der Waals surface area contributed by atoms with E-state index in [1.165, 1.54) is 23.4 Å². The topological polar surface area (TPSA) is 151 Å². The SMILES string of the molecule is CN(Cc1ccc(OCCCOc2ccc(CC(=O)OCCCO[N+](=O)[O-])cc2)cc1)CC(O)(Cn1cncn1)c1ccc(F)cc1F. The van der Waals surface area contributed by atoms with Crippen LogP contribution in [-0.4, -0.2) is 75.8 Å². The summed E-state index contributed by atoms with van der Waals surface area (Å²) >= 11 is 0. The van der Waals surface area contributed by atoms with Crippen LogP contribution in [0.3, 0.4) is 0 Å². The lowest BCUT2D eigenvalue weighted by Gasteiger charge is -2.33. The van der Waals surface area contributed by atoms with Crippen LogP contribution in [-0.2, 0) is 39.5 Å². The number of aromatic nitrogens is 3. The Labute approximate surface area is 275 Å². The molecule has 1 heterocycles. The van der Waals surface area contributed by atoms with Gasteiger partial charge in [-0.3, -0.25) is 9.69 Å². The molecule has 0 aliphatic carbocycles. The minimum absolute atomic E-state index is 0.0353. The summed E-state index contributed by atoms with van der Waals surface area (Å²) in [6.45, 7) is 1.16. The van der Waals surface area contributed by atoms with E-state index in [9.17, 15) is 28.8 Å². The third-order valence-corrected chi connectivity index (χ3v) is 7.08. The lowest BCUT2D eigenvalue weighted by molar-refractivity contribution is -0.757. The van der Waals surface area contributed by atoms with Crippen LogP contribution in [0.1, 0.15) is 29.5 Å². The smallest absolute Gasteiger partial charge is 0.310 e. The number of esters is 1. The maximum absolute atomic E-state index is 14.7. The van der Waals surface area contributed by atoms with E-state index in [4.69, 9.17) is 14.2 Å². The Kier molecular flexibility index (Phi) is 13.1. The van der Waals surface area contributed by atoms with Gasteiger partial charge in [0.2, 0.25) is 0 Å². The zero-order chi connectivity index (χ0) is 34.4. The molecule has 15 heteroatoms. The molecule has 4 aromatic rings. The maximum atomic E-state index is 14.7. The molecule has 13 nitrogen and oxygen atoms in total. The molecule has 1 unspecified atom stereocenters. The Balaban J connectivity index is 1.16. The summed E-state index contributed by atoms with van der Waals surface area (Å²) in [5.41, 5.74) is -0.0553. The molecule has 4 rings (SSSR count). The largest absolute Gasteiger partial charge is 0.493 e. The first-order chi connectivity index (χ1) is 23.1. The number of aliphatic hydroxyl groups is 1. The summed E-state index contributed by atoms with van der Waals surface area (Å²) in [4.78, 5) is 31.9. The van der Waals surface area contributed by atoms with Crippen molar-refractivity contribution in [2.24, 2.45) is 0 Å². The predicted molar refractivity (Wildman–Crippen MR) is 167 cm³/mol. The van der Waals surface area contributed by atoms with Crippen molar-refractivity contribution < 1.29 is 42.8 Å². The van der Waals surface area contributed by atoms with Crippen molar-refractivity contribution in [2.45, 2.75) is 38.0 Å². The Bertz CT molecular complexity index is 1590. The number of hydrogen-bond donors (Lipinski definition) is 1. The molecular weight excluding hydrogens is 632 g/mol. The third-order valence-electron chi connectivity index (χ3n) is 7.08. The number of rotatable bonds is 20. The number of carbonyl (C=O) groups excluding carboxylic acids is 1. The molecular formula is C33H37F2N5O8. The highest BCUT2D eigenvalue weighted by Gasteiger charge is 2.35. The van der Waals surface area contributed by atoms with Gasteiger partial charge in [0.05, 0.1) is 39.4 Å². The van der Waals surface area contributed by atoms with Crippen molar-refractivity contribution in [3.05, 3.63) is 118 Å². The second kappa shape index (κ2) is 17.7. The van der Waals surface area contributed by atoms with Crippen molar-refractivity contribution in [3.63, 3.8) is 0 Å². The lowest BCUT2D eigenvalue weighted by Crippen LogP contribution is -2.43. The minimum atomic E-state index is -1.71. The molecule has 0 radical (unpaired) electrons. The normalized spacial score (nSPS) is 12.4. The van der Waals surface area contributed by atoms with Gasteiger partial charge in [-0.2, -0.15) is 5.10 Å². The van der Waals surface area contributed by atoms with E-state index in [0.29, 0.717) is 37.7 Å². The quantitative estimate of drug-likeness (QED) is 0.0627. The first-order valence-corrected chi connectivity index (χ1v) is 15.1. The van der Waals surface area contributed by atoms with Crippen molar-refractivity contribution >= 4 is 5.97 Å². The van der Waals surface area contributed by atoms with Crippen molar-refractivity contribution in [2.75, 3.05) is 40.0 Å². The number of nitrogens with zero attached hydrogens (tertiary/aromatic N) is 5. The summed E-state index contributed by atoms with van der Waals surface area (Å²) in [6, 6.07) is 17.7. The molecule has 0 saturated heterocycles. The Morgan fingerprint density at radius 2 is 1.60 bits per heavy atom. The van der Waals surface area contributed by atoms with Gasteiger partial charge in [-0.05, 0) is 48.5 Å². The van der Waals surface area contributed by atoms with E-state index in [1.807, 2.05) is 29.2 Å². The third kappa shape index (κ3) is 11.6. The first kappa shape index (κ1) is 35.7. The van der Waals surface area contributed by atoms with Gasteiger partial charge in [0.1, 0.15) is 41.4 Å². The summed E-state index contributed by atoms with van der Waals surface area (Å²) in [6.07, 6.45) is 3.67. The highest BCUT2D eigenvalue weighted by atomic mass is 19.1. The highest BCUT2D eigenvalue weighted by Crippen LogP contribution is 2.28. The summed E-state index contributed by atoms with van der Waals surface area (Å²) in [7, 11) is 1.79. The molecule has 1 N–H and O–H groups in total. The van der Waals surface area contributed by atoms with Crippen LogP contribution in [0.15, 0.2) is 79.4 Å². The molecule has 1 aromatic heterocycles. The van der Waals surface area contributed by atoms with Crippen LogP contribution < -0.4 is 9.47 Å². The van der Waals surface area contributed by atoms with Gasteiger partial charge in [-0.15, -0.1) is 10.1 Å². The Morgan fingerprint density at radius 1 is 0.958 bits per heavy atom. The van der Waals surface area contributed by atoms with Crippen LogP contribution in [0.25, 0.3) is 0 Å². The number of ether oxygens (including phenoxy) is 3. The van der Waals surface area contributed by atoms with Crippen molar-refractivity contribution in [1.82, 2.24) is 19.7 Å². The van der Waals surface area contributed by atoms with Crippen molar-refractivity contribution in [1.29, 1.82) is 0 Å². The van der Waals surface area contributed by atoms with Crippen LogP contribution in [0, 0.1) is 21.7 Å². The fraction of sp³-hybridized carbons (Fsp3) is 0.364. The molecule has 48 heavy (non-hydrogen) atoms. The van der Waals surface area contributed by atoms with Crippen LogP contribution in [0.4, 0.5) is 8.78 Å². The van der Waals surface area contributed by atoms with Gasteiger partial charge < -0.3 is 24.2 Å². The van der Waals surface area contributed by atoms with E-state index in [1.54, 1.807) is 31.3 Å². The minimum Gasteiger partial charge on any atom is -0.493 e. The maximum Gasteiger partial charge on any atom is 0.310 e. The molecule has 0 aliphatic heterocycles. The molecule has 0 bridgehead atoms. The first-order valence-electron chi connectivity index (χ1n) is 15.1. The monoisotopic (exact) mass is 669 g/mol. The molecule has 3 aromatic carbocycles. The fourth-order valence-corrected chi connectivity index (χ4v) is 4.92. The number of hydrogen-bond acceptors (Lipinski definition) is 11. The van der Waals surface area contributed by atoms with E-state index >= 15 is 0 Å². The second-order valence-corrected chi connectivity index (χ2v) is 11.1. The highest BCUT2D eigenvalue weighted by molar-refractivity contribution is 5.72. The predicted octanol–water partition coefficient (Wildman–Crippen LogP) is 4.11. The zero-order valence-corrected chi connectivity index (χ0v) is 26.4. The molecule has 0 saturated carbocycles. The molecule has 0 amide bonds. The Morgan fingerprint density at radius 3 is 2.21 bits per heavy atom. The van der Waals surface area contributed by atoms with Gasteiger partial charge >= 0.3 is 5.97 Å². The summed E-state index contributed by atoms with van der Waals surface area (Å²) < 4.78 is 46.3. The van der Waals surface area contributed by atoms with Crippen LogP contribution >= 0.6 is 0 Å². The van der Waals surface area contributed by atoms with E-state index in [2.05, 4.69) is 14.9 Å². The number of halogens is 2. The average molecular weight is 670 g/mol. The fourth-order valence-electron chi connectivity index (χ4n) is 4.92. The number of carbonyl (C=O) groups is 1. The van der Waals surface area contributed by atoms with Gasteiger partial charge in [0.15, 0.2) is 0 Å². The van der Waals surface area contributed by atoms with Gasteiger partial charge in [-0.25, -0.2) is 18.4 Å². The standard InChI is InChI=1S/C33H37F2N5O8/c1-38(21-33(42,22-39-24-36-23-37-39)30-13-8-27(34)19-31(30)35)20-26-6-11-29(12-7-26)46-15-2-14-45-28-9-4-25(5-10-28)18-32(41)47-16-3-17-48-40(43)44/h4-13,19,23-24,42H,2-3,14-18,20-22H2,1H3. The van der Waals surface area contributed by atoms with E-state index in [-0.39, 0.29) is 44.7 Å². The molecule has 0 fully saturated rings. The van der Waals surface area contributed by atoms with E-state index in [0.717, 1.165) is 23.3 Å². The molecule has 0 spiro atoms. The van der Waals surface area contributed by atoms with Crippen LogP contribution in [0.5, 0.6) is 11.5 Å². The second-order valence-electron chi connectivity index (χ2n) is 11.1. The zero-order valence-electron chi connectivity index (χ0n) is 26.4. The number of likely N-dealkylation sites (N-methyl/N-ethyl adjacent to an activating group) is 1. The van der Waals surface area contributed by atoms with Gasteiger partial charge in [0.25, 0.3) is 5.09 Å². The molecule has 1 atom stereocenters. The molecule has 256 valence electrons. The van der Waals surface area contributed by atoms with Crippen LogP contribution in [0.2, 0.25) is 0 Å². The summed E-state index contributed by atoms with van der Waals surface area (Å²) in [5, 5.41) is 24.8. The van der Waals surface area contributed by atoms with Gasteiger partial charge in [0, 0.05) is 37.6 Å². The average Bonchev–Trinajstić information content (AvgIpc) is 3.54. The Hall–Kier alpha value is -5.15. The lowest BCUT2D eigenvalue weighted by atomic mass is 9.92. The van der Waals surface area contributed by atoms with Gasteiger partial charge in [-0.1, -0.05) is 30.3 Å². The molecule has 0 aliphatic rings. The summed E-state index contributed by atoms with van der Waals surface area (Å²) in [5.74, 6) is -0.685. The van der Waals surface area contributed by atoms with Crippen molar-refractivity contribution in [3.8, 4) is 11.5 Å². The van der Waals surface area contributed by atoms with E-state index < -0.39 is 28.3 Å². The number of benzene rings is 3.